The molecule has 2 aromatic rings. The fraction of sp³-hybridized carbons (Fsp3) is 0.700. The van der Waals surface area contributed by atoms with Crippen molar-refractivity contribution < 1.29 is 13.2 Å². The number of hydrogen-bond acceptors (Lipinski definition) is 6. The van der Waals surface area contributed by atoms with Crippen LogP contribution in [-0.2, 0) is 40.8 Å². The molecule has 0 bridgehead atoms. The van der Waals surface area contributed by atoms with E-state index in [0.29, 0.717) is 25.6 Å². The zero-order valence-electron chi connectivity index (χ0n) is 17.3. The van der Waals surface area contributed by atoms with E-state index in [1.807, 2.05) is 24.0 Å². The van der Waals surface area contributed by atoms with Crippen molar-refractivity contribution in [3.63, 3.8) is 0 Å². The molecule has 3 heterocycles. The van der Waals surface area contributed by atoms with Crippen molar-refractivity contribution in [2.75, 3.05) is 19.4 Å². The molecule has 2 aromatic heterocycles. The molecule has 8 nitrogen and oxygen atoms in total. The molecule has 4 rings (SSSR count). The van der Waals surface area contributed by atoms with Crippen molar-refractivity contribution in [1.29, 1.82) is 0 Å². The fourth-order valence-electron chi connectivity index (χ4n) is 3.98. The molecular weight excluding hydrogens is 390 g/mol. The number of hydrogen-bond donors (Lipinski definition) is 0. The summed E-state index contributed by atoms with van der Waals surface area (Å²) >= 11 is 0. The topological polar surface area (TPSA) is 82.3 Å². The normalized spacial score (nSPS) is 20.0. The van der Waals surface area contributed by atoms with E-state index in [1.54, 1.807) is 6.20 Å². The highest BCUT2D eigenvalue weighted by molar-refractivity contribution is 7.91. The summed E-state index contributed by atoms with van der Waals surface area (Å²) in [5.41, 5.74) is 0.909. The molecule has 0 aromatic carbocycles. The number of ether oxygens (including phenoxy) is 1. The van der Waals surface area contributed by atoms with Crippen molar-refractivity contribution >= 4 is 9.84 Å². The minimum Gasteiger partial charge on any atom is -0.376 e. The van der Waals surface area contributed by atoms with E-state index >= 15 is 0 Å². The van der Waals surface area contributed by atoms with Crippen LogP contribution in [0.15, 0.2) is 23.7 Å². The molecule has 0 amide bonds. The first-order valence-corrected chi connectivity index (χ1v) is 12.2. The van der Waals surface area contributed by atoms with E-state index in [9.17, 15) is 8.42 Å². The zero-order chi connectivity index (χ0) is 20.4. The van der Waals surface area contributed by atoms with Gasteiger partial charge in [0, 0.05) is 32.1 Å². The Kier molecular flexibility index (Phi) is 6.08. The monoisotopic (exact) mass is 421 g/mol. The maximum absolute atomic E-state index is 13.0. The Morgan fingerprint density at radius 1 is 1.24 bits per heavy atom. The number of nitrogens with zero attached hydrogens (tertiary/aromatic N) is 5. The van der Waals surface area contributed by atoms with E-state index in [4.69, 9.17) is 4.74 Å². The largest absolute Gasteiger partial charge is 0.376 e. The molecule has 0 N–H and O–H groups in total. The summed E-state index contributed by atoms with van der Waals surface area (Å²) in [6, 6.07) is 0. The van der Waals surface area contributed by atoms with Crippen molar-refractivity contribution in [3.05, 3.63) is 30.1 Å². The lowest BCUT2D eigenvalue weighted by Gasteiger charge is -2.20. The Morgan fingerprint density at radius 2 is 2.07 bits per heavy atom. The van der Waals surface area contributed by atoms with Crippen molar-refractivity contribution in [3.8, 4) is 0 Å². The Balaban J connectivity index is 1.54. The van der Waals surface area contributed by atoms with Crippen LogP contribution in [0.5, 0.6) is 0 Å². The van der Waals surface area contributed by atoms with Crippen LogP contribution in [0.4, 0.5) is 0 Å². The number of aryl methyl sites for hydroxylation is 1. The van der Waals surface area contributed by atoms with Crippen LogP contribution in [0.3, 0.4) is 0 Å². The molecule has 1 atom stereocenters. The minimum absolute atomic E-state index is 0.0575. The quantitative estimate of drug-likeness (QED) is 0.584. The van der Waals surface area contributed by atoms with Gasteiger partial charge in [-0.3, -0.25) is 4.90 Å². The van der Waals surface area contributed by atoms with Crippen LogP contribution in [-0.4, -0.2) is 57.9 Å². The minimum atomic E-state index is -3.38. The second kappa shape index (κ2) is 8.57. The van der Waals surface area contributed by atoms with Gasteiger partial charge in [-0.2, -0.15) is 0 Å². The molecule has 1 saturated carbocycles. The average molecular weight is 422 g/mol. The van der Waals surface area contributed by atoms with E-state index in [1.165, 1.54) is 0 Å². The first-order valence-electron chi connectivity index (χ1n) is 10.5. The lowest BCUT2D eigenvalue weighted by Crippen LogP contribution is -2.26. The van der Waals surface area contributed by atoms with Crippen LogP contribution in [0.1, 0.15) is 44.1 Å². The number of imidazole rings is 2. The summed E-state index contributed by atoms with van der Waals surface area (Å²) in [7, 11) is -1.36. The summed E-state index contributed by atoms with van der Waals surface area (Å²) in [5.74, 6) is 1.51. The number of rotatable bonds is 10. The van der Waals surface area contributed by atoms with Gasteiger partial charge in [-0.05, 0) is 45.6 Å². The van der Waals surface area contributed by atoms with Gasteiger partial charge in [-0.15, -0.1) is 0 Å². The Morgan fingerprint density at radius 3 is 2.76 bits per heavy atom. The first-order chi connectivity index (χ1) is 14.0. The van der Waals surface area contributed by atoms with Crippen molar-refractivity contribution in [2.45, 2.75) is 70.0 Å². The molecule has 1 saturated heterocycles. The highest BCUT2D eigenvalue weighted by Gasteiger charge is 2.33. The molecule has 1 aliphatic heterocycles. The highest BCUT2D eigenvalue weighted by Crippen LogP contribution is 2.32. The van der Waals surface area contributed by atoms with Crippen LogP contribution >= 0.6 is 0 Å². The molecule has 0 radical (unpaired) electrons. The van der Waals surface area contributed by atoms with Gasteiger partial charge in [-0.1, -0.05) is 0 Å². The molecule has 2 fully saturated rings. The third kappa shape index (κ3) is 4.90. The lowest BCUT2D eigenvalue weighted by molar-refractivity contribution is 0.0934. The predicted molar refractivity (Wildman–Crippen MR) is 109 cm³/mol. The molecule has 1 aliphatic carbocycles. The van der Waals surface area contributed by atoms with Gasteiger partial charge in [0.05, 0.1) is 36.8 Å². The van der Waals surface area contributed by atoms with Gasteiger partial charge in [0.15, 0.2) is 0 Å². The third-order valence-electron chi connectivity index (χ3n) is 5.73. The Labute approximate surface area is 172 Å². The predicted octanol–water partition coefficient (Wildman–Crippen LogP) is 2.09. The van der Waals surface area contributed by atoms with Crippen LogP contribution in [0.25, 0.3) is 0 Å². The van der Waals surface area contributed by atoms with E-state index in [2.05, 4.69) is 26.4 Å². The SMILES string of the molecule is CCn1ccnc1CN(C)Cc1cnc(S(=O)(=O)CC2CC2)n1C[C@@H]1CCCO1. The molecule has 0 spiro atoms. The first kappa shape index (κ1) is 20.6. The standard InChI is InChI=1S/C20H31N5O3S/c1-3-24-9-8-21-19(24)14-23(2)12-17-11-22-20(29(26,27)15-16-6-7-16)25(17)13-18-5-4-10-28-18/h8-9,11,16,18H,3-7,10,12-15H2,1-2H3/t18-/m0/s1. The van der Waals surface area contributed by atoms with Crippen molar-refractivity contribution in [2.24, 2.45) is 5.92 Å². The van der Waals surface area contributed by atoms with Gasteiger partial charge in [-0.25, -0.2) is 18.4 Å². The van der Waals surface area contributed by atoms with Gasteiger partial charge in [0.25, 0.3) is 0 Å². The zero-order valence-corrected chi connectivity index (χ0v) is 18.1. The molecule has 0 unspecified atom stereocenters. The Hall–Kier alpha value is -1.71. The van der Waals surface area contributed by atoms with Crippen LogP contribution in [0.2, 0.25) is 0 Å². The third-order valence-corrected chi connectivity index (χ3v) is 7.52. The summed E-state index contributed by atoms with van der Waals surface area (Å²) < 4.78 is 35.7. The van der Waals surface area contributed by atoms with E-state index in [-0.39, 0.29) is 17.0 Å². The average Bonchev–Trinajstić information content (AvgIpc) is 3.07. The summed E-state index contributed by atoms with van der Waals surface area (Å²) in [4.78, 5) is 11.0. The highest BCUT2D eigenvalue weighted by atomic mass is 32.2. The van der Waals surface area contributed by atoms with Crippen LogP contribution < -0.4 is 0 Å². The summed E-state index contributed by atoms with van der Waals surface area (Å²) in [5, 5.41) is 0.207. The smallest absolute Gasteiger partial charge is 0.227 e. The van der Waals surface area contributed by atoms with Gasteiger partial charge >= 0.3 is 0 Å². The summed E-state index contributed by atoms with van der Waals surface area (Å²) in [6.07, 6.45) is 9.57. The summed E-state index contributed by atoms with van der Waals surface area (Å²) in [6.45, 7) is 5.57. The molecule has 2 aliphatic rings. The van der Waals surface area contributed by atoms with Crippen LogP contribution in [0, 0.1) is 5.92 Å². The second-order valence-corrected chi connectivity index (χ2v) is 10.2. The fourth-order valence-corrected chi connectivity index (χ4v) is 5.82. The van der Waals surface area contributed by atoms with Gasteiger partial charge in [0.1, 0.15) is 5.82 Å². The lowest BCUT2D eigenvalue weighted by atomic mass is 10.2. The molecule has 29 heavy (non-hydrogen) atoms. The van der Waals surface area contributed by atoms with E-state index < -0.39 is 9.84 Å². The van der Waals surface area contributed by atoms with E-state index in [0.717, 1.165) is 50.4 Å². The van der Waals surface area contributed by atoms with Crippen molar-refractivity contribution in [1.82, 2.24) is 24.0 Å². The van der Waals surface area contributed by atoms with Gasteiger partial charge in [0.2, 0.25) is 15.0 Å². The maximum Gasteiger partial charge on any atom is 0.227 e. The number of sulfone groups is 1. The maximum atomic E-state index is 13.0. The molecular formula is C20H31N5O3S. The molecule has 160 valence electrons. The molecule has 9 heteroatoms. The number of aromatic nitrogens is 4. The Bertz CT molecular complexity index is 926. The second-order valence-electron chi connectivity index (χ2n) is 8.30. The van der Waals surface area contributed by atoms with Gasteiger partial charge < -0.3 is 13.9 Å².